The molecule has 2 fully saturated rings. The van der Waals surface area contributed by atoms with Crippen LogP contribution in [-0.2, 0) is 9.47 Å². The summed E-state index contributed by atoms with van der Waals surface area (Å²) in [4.78, 5) is 13.1. The zero-order valence-electron chi connectivity index (χ0n) is 22.0. The third kappa shape index (κ3) is 5.38. The maximum Gasteiger partial charge on any atom is 0.229 e. The summed E-state index contributed by atoms with van der Waals surface area (Å²) in [6, 6.07) is 5.58. The van der Waals surface area contributed by atoms with Gasteiger partial charge in [0.05, 0.1) is 18.8 Å². The normalized spacial score (nSPS) is 33.0. The van der Waals surface area contributed by atoms with E-state index in [-0.39, 0.29) is 22.7 Å². The molecule has 10 atom stereocenters. The Morgan fingerprint density at radius 2 is 1.35 bits per heavy atom. The van der Waals surface area contributed by atoms with Crippen LogP contribution in [0.3, 0.4) is 0 Å². The minimum atomic E-state index is -1.86. The summed E-state index contributed by atoms with van der Waals surface area (Å²) in [5, 5.41) is 111. The van der Waals surface area contributed by atoms with Crippen LogP contribution in [0.4, 0.5) is 0 Å². The third-order valence-electron chi connectivity index (χ3n) is 7.52. The molecule has 234 valence electrons. The van der Waals surface area contributed by atoms with Gasteiger partial charge in [0.15, 0.2) is 16.9 Å². The van der Waals surface area contributed by atoms with Gasteiger partial charge in [0, 0.05) is 17.7 Å². The lowest BCUT2D eigenvalue weighted by Gasteiger charge is -2.40. The maximum absolute atomic E-state index is 13.1. The van der Waals surface area contributed by atoms with Crippen molar-refractivity contribution >= 4 is 11.0 Å². The first-order chi connectivity index (χ1) is 20.4. The summed E-state index contributed by atoms with van der Waals surface area (Å²) in [6.07, 6.45) is -16.2. The Labute approximate surface area is 241 Å². The van der Waals surface area contributed by atoms with Crippen molar-refractivity contribution in [3.63, 3.8) is 0 Å². The molecule has 16 nitrogen and oxygen atoms in total. The third-order valence-corrected chi connectivity index (χ3v) is 7.52. The van der Waals surface area contributed by atoms with Crippen LogP contribution < -0.4 is 10.2 Å². The van der Waals surface area contributed by atoms with Gasteiger partial charge in [-0.2, -0.15) is 0 Å². The minimum absolute atomic E-state index is 0.120. The lowest BCUT2D eigenvalue weighted by Crippen LogP contribution is -2.60. The smallest absolute Gasteiger partial charge is 0.229 e. The highest BCUT2D eigenvalue weighted by molar-refractivity contribution is 5.88. The Hall–Kier alpha value is -3.55. The van der Waals surface area contributed by atoms with Gasteiger partial charge in [-0.3, -0.25) is 4.79 Å². The molecule has 16 heteroatoms. The zero-order chi connectivity index (χ0) is 31.3. The summed E-state index contributed by atoms with van der Waals surface area (Å²) in [7, 11) is 0. The highest BCUT2D eigenvalue weighted by atomic mass is 16.7. The van der Waals surface area contributed by atoms with Gasteiger partial charge in [-0.1, -0.05) is 0 Å². The molecule has 0 saturated carbocycles. The molecule has 0 radical (unpaired) electrons. The van der Waals surface area contributed by atoms with E-state index < -0.39 is 108 Å². The number of benzene rings is 2. The van der Waals surface area contributed by atoms with Crippen LogP contribution in [0, 0.1) is 0 Å². The van der Waals surface area contributed by atoms with E-state index in [0.29, 0.717) is 0 Å². The molecule has 11 N–H and O–H groups in total. The highest BCUT2D eigenvalue weighted by Gasteiger charge is 2.47. The monoisotopic (exact) mass is 610 g/mol. The molecule has 0 aliphatic carbocycles. The quantitative estimate of drug-likeness (QED) is 0.135. The number of aliphatic hydroxyl groups is 8. The number of aromatic hydroxyl groups is 3. The van der Waals surface area contributed by atoms with Crippen molar-refractivity contribution in [2.24, 2.45) is 0 Å². The van der Waals surface area contributed by atoms with E-state index in [1.807, 2.05) is 0 Å². The van der Waals surface area contributed by atoms with E-state index in [1.165, 1.54) is 12.1 Å². The number of hydrogen-bond acceptors (Lipinski definition) is 16. The summed E-state index contributed by atoms with van der Waals surface area (Å²) < 4.78 is 21.8. The van der Waals surface area contributed by atoms with Crippen LogP contribution in [0.15, 0.2) is 39.5 Å². The largest absolute Gasteiger partial charge is 0.507 e. The molecule has 2 aromatic carbocycles. The molecule has 43 heavy (non-hydrogen) atoms. The van der Waals surface area contributed by atoms with Gasteiger partial charge in [0.25, 0.3) is 0 Å². The Kier molecular flexibility index (Phi) is 8.52. The first kappa shape index (κ1) is 30.9. The van der Waals surface area contributed by atoms with E-state index in [4.69, 9.17) is 18.6 Å². The lowest BCUT2D eigenvalue weighted by molar-refractivity contribution is -0.277. The number of hydrogen-bond donors (Lipinski definition) is 11. The van der Waals surface area contributed by atoms with E-state index in [2.05, 4.69) is 0 Å². The molecule has 0 unspecified atom stereocenters. The number of phenols is 3. The van der Waals surface area contributed by atoms with Crippen LogP contribution >= 0.6 is 0 Å². The van der Waals surface area contributed by atoms with Gasteiger partial charge < -0.3 is 74.8 Å². The fourth-order valence-electron chi connectivity index (χ4n) is 5.13. The second-order valence-electron chi connectivity index (χ2n) is 10.3. The van der Waals surface area contributed by atoms with Crippen molar-refractivity contribution in [1.29, 1.82) is 0 Å². The second kappa shape index (κ2) is 11.9. The van der Waals surface area contributed by atoms with Crippen molar-refractivity contribution in [3.8, 4) is 34.3 Å². The number of ether oxygens (including phenoxy) is 3. The van der Waals surface area contributed by atoms with Crippen molar-refractivity contribution in [2.45, 2.75) is 61.2 Å². The number of fused-ring (bicyclic) bond motifs is 1. The molecule has 1 aromatic heterocycles. The molecule has 2 aliphatic heterocycles. The Morgan fingerprint density at radius 1 is 0.721 bits per heavy atom. The van der Waals surface area contributed by atoms with Crippen LogP contribution in [0.1, 0.15) is 11.7 Å². The summed E-state index contributed by atoms with van der Waals surface area (Å²) >= 11 is 0. The standard InChI is InChI=1S/C27H30O16/c28-6-15-19(33)22(36)24(38)26(41-15)18-11(32)5-14-17(21(18)35)10(31)4-13(40-14)8-1-2-12(9(30)3-8)42-27-25(39)23(37)20(34)16(7-29)43-27/h1-5,15-16,19-20,22-30,32-39H,6-7H2/t15-,16-,19-,20-,22+,23+,24-,25-,26+,27-/m1/s1. The predicted molar refractivity (Wildman–Crippen MR) is 140 cm³/mol. The van der Waals surface area contributed by atoms with E-state index in [0.717, 1.165) is 18.2 Å². The molecular formula is C27H30O16. The topological polar surface area (TPSA) is 280 Å². The first-order valence-electron chi connectivity index (χ1n) is 13.0. The molecular weight excluding hydrogens is 580 g/mol. The van der Waals surface area contributed by atoms with Crippen molar-refractivity contribution in [1.82, 2.24) is 0 Å². The molecule has 5 rings (SSSR count). The number of aliphatic hydroxyl groups excluding tert-OH is 8. The average molecular weight is 611 g/mol. The van der Waals surface area contributed by atoms with Crippen molar-refractivity contribution in [2.75, 3.05) is 13.2 Å². The maximum atomic E-state index is 13.1. The van der Waals surface area contributed by atoms with Crippen molar-refractivity contribution < 1.29 is 74.8 Å². The van der Waals surface area contributed by atoms with Crippen LogP contribution in [0.25, 0.3) is 22.3 Å². The molecule has 0 spiro atoms. The van der Waals surface area contributed by atoms with Gasteiger partial charge >= 0.3 is 0 Å². The summed E-state index contributed by atoms with van der Waals surface area (Å²) in [6.45, 7) is -1.45. The number of rotatable bonds is 6. The van der Waals surface area contributed by atoms with Crippen LogP contribution in [0.2, 0.25) is 0 Å². The van der Waals surface area contributed by atoms with Gasteiger partial charge in [0.1, 0.15) is 83.2 Å². The fourth-order valence-corrected chi connectivity index (χ4v) is 5.13. The molecule has 2 saturated heterocycles. The van der Waals surface area contributed by atoms with Crippen molar-refractivity contribution in [3.05, 3.63) is 46.1 Å². The SMILES string of the molecule is O=c1cc(-c2ccc(O[C@@H]3O[C@H](CO)[C@@H](O)[C@H](O)[C@H]3O)c(O)c2)oc2cc(O)c([C@@H]3O[C@H](CO)[C@@H](O)[C@H](O)[C@H]3O)c(O)c12. The molecule has 3 heterocycles. The molecule has 0 bridgehead atoms. The lowest BCUT2D eigenvalue weighted by atomic mass is 9.89. The molecule has 3 aromatic rings. The zero-order valence-corrected chi connectivity index (χ0v) is 22.0. The predicted octanol–water partition coefficient (Wildman–Crippen LogP) is -2.73. The molecule has 2 aliphatic rings. The first-order valence-corrected chi connectivity index (χ1v) is 13.0. The second-order valence-corrected chi connectivity index (χ2v) is 10.3. The minimum Gasteiger partial charge on any atom is -0.507 e. The van der Waals surface area contributed by atoms with E-state index >= 15 is 0 Å². The summed E-state index contributed by atoms with van der Waals surface area (Å²) in [5.74, 6) is -2.45. The van der Waals surface area contributed by atoms with Gasteiger partial charge in [-0.15, -0.1) is 0 Å². The Morgan fingerprint density at radius 3 is 1.98 bits per heavy atom. The number of phenolic OH excluding ortho intramolecular Hbond substituents is 3. The summed E-state index contributed by atoms with van der Waals surface area (Å²) in [5.41, 5.74) is -1.50. The van der Waals surface area contributed by atoms with E-state index in [1.54, 1.807) is 0 Å². The van der Waals surface area contributed by atoms with Crippen LogP contribution in [-0.4, -0.2) is 125 Å². The van der Waals surface area contributed by atoms with Crippen LogP contribution in [0.5, 0.6) is 23.0 Å². The highest BCUT2D eigenvalue weighted by Crippen LogP contribution is 2.45. The van der Waals surface area contributed by atoms with E-state index in [9.17, 15) is 61.0 Å². The Bertz CT molecular complexity index is 1540. The molecule has 0 amide bonds. The average Bonchev–Trinajstić information content (AvgIpc) is 2.97. The van der Waals surface area contributed by atoms with Gasteiger partial charge in [-0.25, -0.2) is 0 Å². The van der Waals surface area contributed by atoms with Gasteiger partial charge in [0.2, 0.25) is 6.29 Å². The van der Waals surface area contributed by atoms with Gasteiger partial charge in [-0.05, 0) is 18.2 Å². The fraction of sp³-hybridized carbons (Fsp3) is 0.444. The Balaban J connectivity index is 1.46.